The number of carbonyl (C=O) groups excluding carboxylic acids is 8. The largest absolute Gasteiger partial charge is 0.446 e. The Morgan fingerprint density at radius 1 is 0.761 bits per heavy atom. The van der Waals surface area contributed by atoms with Crippen LogP contribution in [0, 0.1) is 18.7 Å². The van der Waals surface area contributed by atoms with Crippen LogP contribution in [0.15, 0.2) is 60.9 Å². The van der Waals surface area contributed by atoms with E-state index in [1.54, 1.807) is 36.4 Å². The number of benzene rings is 3. The lowest BCUT2D eigenvalue weighted by atomic mass is 9.73. The summed E-state index contributed by atoms with van der Waals surface area (Å²) in [4.78, 5) is 129. The van der Waals surface area contributed by atoms with Gasteiger partial charge in [-0.2, -0.15) is 0 Å². The first kappa shape index (κ1) is 58.7. The number of amides is 8. The number of nitrogens with one attached hydrogen (secondary N) is 3. The number of imidazole rings is 1. The SMILES string of the molecule is Cc1cc(F)c(Nc2nc(-c3ccc4c(c3)N([C@H]3C[C@@H](N5CCCCC5)C3)C(=O)C43CCN(C(=O)OC4CCN(C(=O)C5CCN(c6ccc7c(c6)C(=O)N(C6CCC(=O)NC6=O)C7=O)CC5)CC4)CC3)cc3ncn(C(C)C)c23)cc1C(=O)NC(C)C. The van der Waals surface area contributed by atoms with Crippen LogP contribution in [0.3, 0.4) is 0 Å². The molecule has 6 fully saturated rings. The molecule has 8 amide bonds. The summed E-state index contributed by atoms with van der Waals surface area (Å²) in [5.41, 5.74) is 5.74. The third-order valence-electron chi connectivity index (χ3n) is 19.9. The van der Waals surface area contributed by atoms with E-state index >= 15 is 9.18 Å². The molecule has 9 heterocycles. The maximum atomic E-state index is 16.0. The number of aromatic nitrogens is 3. The van der Waals surface area contributed by atoms with Gasteiger partial charge in [0.15, 0.2) is 5.82 Å². The maximum Gasteiger partial charge on any atom is 0.410 e. The summed E-state index contributed by atoms with van der Waals surface area (Å²) in [6, 6.07) is 15.3. The molecule has 5 aromatic rings. The second-order valence-corrected chi connectivity index (χ2v) is 26.1. The molecule has 3 N–H and O–H groups in total. The van der Waals surface area contributed by atoms with E-state index in [0.717, 1.165) is 53.3 Å². The monoisotopic (exact) mass is 1200 g/mol. The molecule has 1 spiro atoms. The van der Waals surface area contributed by atoms with Crippen molar-refractivity contribution in [2.24, 2.45) is 5.92 Å². The van der Waals surface area contributed by atoms with Crippen LogP contribution in [0.25, 0.3) is 22.3 Å². The molecule has 7 aliphatic heterocycles. The normalized spacial score (nSPS) is 22.7. The van der Waals surface area contributed by atoms with Crippen molar-refractivity contribution in [1.29, 1.82) is 0 Å². The van der Waals surface area contributed by atoms with Gasteiger partial charge in [-0.25, -0.2) is 19.2 Å². The Bertz CT molecular complexity index is 3680. The fraction of sp³-hybridized carbons (Fsp3) is 0.515. The van der Waals surface area contributed by atoms with Gasteiger partial charge in [0.2, 0.25) is 23.6 Å². The summed E-state index contributed by atoms with van der Waals surface area (Å²) in [5.74, 6) is -2.73. The Labute approximate surface area is 510 Å². The predicted octanol–water partition coefficient (Wildman–Crippen LogP) is 8.15. The number of rotatable bonds is 12. The molecule has 21 nitrogen and oxygen atoms in total. The van der Waals surface area contributed by atoms with Crippen LogP contribution in [0.1, 0.15) is 159 Å². The third kappa shape index (κ3) is 10.6. The number of likely N-dealkylation sites (tertiary alicyclic amines) is 3. The minimum Gasteiger partial charge on any atom is -0.446 e. The van der Waals surface area contributed by atoms with Gasteiger partial charge >= 0.3 is 6.09 Å². The number of fused-ring (bicyclic) bond motifs is 4. The van der Waals surface area contributed by atoms with Gasteiger partial charge in [-0.15, -0.1) is 0 Å². The van der Waals surface area contributed by atoms with Crippen LogP contribution in [-0.4, -0.2) is 164 Å². The number of pyridine rings is 1. The van der Waals surface area contributed by atoms with Crippen molar-refractivity contribution < 1.29 is 47.5 Å². The number of hydrogen-bond acceptors (Lipinski definition) is 14. The van der Waals surface area contributed by atoms with E-state index in [2.05, 4.69) is 37.9 Å². The van der Waals surface area contributed by atoms with Crippen LogP contribution < -0.4 is 25.8 Å². The summed E-state index contributed by atoms with van der Waals surface area (Å²) in [5, 5.41) is 8.42. The Hall–Kier alpha value is -8.27. The number of carbonyl (C=O) groups is 8. The average Bonchev–Trinajstić information content (AvgIpc) is 2.94. The van der Waals surface area contributed by atoms with Gasteiger partial charge in [0.25, 0.3) is 17.7 Å². The molecule has 0 bridgehead atoms. The van der Waals surface area contributed by atoms with E-state index in [-0.39, 0.29) is 77.5 Å². The summed E-state index contributed by atoms with van der Waals surface area (Å²) in [6.45, 7) is 14.4. The fourth-order valence-corrected chi connectivity index (χ4v) is 14.9. The molecule has 1 saturated carbocycles. The topological polar surface area (TPSA) is 232 Å². The van der Waals surface area contributed by atoms with E-state index in [1.807, 2.05) is 54.2 Å². The number of nitrogens with zero attached hydrogens (tertiary/aromatic N) is 9. The molecular weight excluding hydrogens is 1120 g/mol. The van der Waals surface area contributed by atoms with Gasteiger partial charge in [-0.1, -0.05) is 18.6 Å². The summed E-state index contributed by atoms with van der Waals surface area (Å²) in [7, 11) is 0. The van der Waals surface area contributed by atoms with Crippen LogP contribution in [0.5, 0.6) is 0 Å². The molecule has 1 atom stereocenters. The lowest BCUT2D eigenvalue weighted by Gasteiger charge is -2.48. The minimum atomic E-state index is -1.04. The van der Waals surface area contributed by atoms with Crippen molar-refractivity contribution in [3.05, 3.63) is 94.6 Å². The van der Waals surface area contributed by atoms with E-state index in [4.69, 9.17) is 14.7 Å². The molecule has 88 heavy (non-hydrogen) atoms. The predicted molar refractivity (Wildman–Crippen MR) is 327 cm³/mol. The summed E-state index contributed by atoms with van der Waals surface area (Å²) < 4.78 is 24.1. The Morgan fingerprint density at radius 3 is 2.19 bits per heavy atom. The molecule has 5 saturated heterocycles. The minimum absolute atomic E-state index is 0.00267. The first-order valence-corrected chi connectivity index (χ1v) is 31.7. The molecule has 13 rings (SSSR count). The second kappa shape index (κ2) is 23.4. The van der Waals surface area contributed by atoms with E-state index in [0.29, 0.717) is 118 Å². The van der Waals surface area contributed by atoms with Gasteiger partial charge in [-0.3, -0.25) is 43.8 Å². The molecule has 0 radical (unpaired) electrons. The van der Waals surface area contributed by atoms with Gasteiger partial charge in [0, 0.05) is 111 Å². The van der Waals surface area contributed by atoms with Gasteiger partial charge in [0.05, 0.1) is 39.8 Å². The molecule has 3 aromatic carbocycles. The number of aryl methyl sites for hydroxylation is 1. The van der Waals surface area contributed by atoms with Crippen LogP contribution in [0.2, 0.25) is 0 Å². The molecular formula is C66H77FN12O9. The van der Waals surface area contributed by atoms with E-state index < -0.39 is 47.0 Å². The number of anilines is 4. The Morgan fingerprint density at radius 2 is 1.49 bits per heavy atom. The molecule has 1 aliphatic carbocycles. The first-order valence-electron chi connectivity index (χ1n) is 31.7. The van der Waals surface area contributed by atoms with Crippen LogP contribution in [0.4, 0.5) is 32.1 Å². The van der Waals surface area contributed by atoms with E-state index in [1.165, 1.54) is 31.4 Å². The van der Waals surface area contributed by atoms with Gasteiger partial charge < -0.3 is 44.4 Å². The second-order valence-electron chi connectivity index (χ2n) is 26.1. The smallest absolute Gasteiger partial charge is 0.410 e. The maximum absolute atomic E-state index is 16.0. The van der Waals surface area contributed by atoms with Crippen molar-refractivity contribution in [1.82, 2.24) is 44.8 Å². The van der Waals surface area contributed by atoms with Crippen molar-refractivity contribution in [2.45, 2.75) is 160 Å². The molecule has 1 unspecified atom stereocenters. The highest BCUT2D eigenvalue weighted by Crippen LogP contribution is 2.52. The van der Waals surface area contributed by atoms with Gasteiger partial charge in [0.1, 0.15) is 23.5 Å². The Balaban J connectivity index is 0.665. The number of halogens is 1. The lowest BCUT2D eigenvalue weighted by Crippen LogP contribution is -2.58. The van der Waals surface area contributed by atoms with Gasteiger partial charge in [-0.05, 0) is 159 Å². The highest BCUT2D eigenvalue weighted by atomic mass is 19.1. The number of ether oxygens (including phenoxy) is 1. The standard InChI is InChI=1S/C66H77FN12O9/c1-37(2)69-59(81)47-34-52(50(67)29-39(47)5)71-58-57-53(68-36-77(57)38(3)4)35-51(70-58)41-9-12-49-55(30-41)78(44-31-43(32-44)73-21-7-6-8-22-73)64(86)66(49)19-27-76(28-20-66)65(87)88-45-17-25-75(26-18-45)61(83)40-15-23-74(24-16-40)42-10-11-46-48(33-42)63(85)79(62(46)84)54-13-14-56(80)72-60(54)82/h9-12,29-30,33-38,40,43-45,54H,6-8,13-28,31-32H2,1-5H3,(H,69,81)(H,70,71)(H,72,80,82)/t43-,44+,54?. The zero-order valence-corrected chi connectivity index (χ0v) is 50.7. The summed E-state index contributed by atoms with van der Waals surface area (Å²) >= 11 is 0. The fourth-order valence-electron chi connectivity index (χ4n) is 14.9. The first-order chi connectivity index (χ1) is 42.3. The highest BCUT2D eigenvalue weighted by Gasteiger charge is 2.56. The molecule has 462 valence electrons. The summed E-state index contributed by atoms with van der Waals surface area (Å²) in [6.07, 6.45) is 9.52. The average molecular weight is 1200 g/mol. The molecule has 8 aliphatic rings. The van der Waals surface area contributed by atoms with Crippen LogP contribution in [-0.2, 0) is 29.3 Å². The van der Waals surface area contributed by atoms with Crippen molar-refractivity contribution in [2.75, 3.05) is 67.5 Å². The number of hydrogen-bond donors (Lipinski definition) is 3. The number of piperidine rings is 5. The molecule has 2 aromatic heterocycles. The van der Waals surface area contributed by atoms with Crippen molar-refractivity contribution in [3.8, 4) is 11.3 Å². The van der Waals surface area contributed by atoms with Crippen molar-refractivity contribution >= 4 is 81.4 Å². The molecule has 22 heteroatoms. The quantitative estimate of drug-likeness (QED) is 0.100. The van der Waals surface area contributed by atoms with E-state index in [9.17, 15) is 33.6 Å². The zero-order chi connectivity index (χ0) is 61.4. The third-order valence-corrected chi connectivity index (χ3v) is 19.9. The van der Waals surface area contributed by atoms with Crippen LogP contribution >= 0.6 is 0 Å². The number of imide groups is 2. The highest BCUT2D eigenvalue weighted by molar-refractivity contribution is 6.24. The Kier molecular flexibility index (Phi) is 15.6. The lowest BCUT2D eigenvalue weighted by molar-refractivity contribution is -0.138. The van der Waals surface area contributed by atoms with Crippen molar-refractivity contribution in [3.63, 3.8) is 0 Å². The zero-order valence-electron chi connectivity index (χ0n) is 50.7.